The zero-order valence-corrected chi connectivity index (χ0v) is 19.9. The molecule has 2 aromatic carbocycles. The average Bonchev–Trinajstić information content (AvgIpc) is 2.72. The van der Waals surface area contributed by atoms with Gasteiger partial charge in [-0.3, -0.25) is 4.79 Å². The topological polar surface area (TPSA) is 40.5 Å². The highest BCUT2D eigenvalue weighted by Crippen LogP contribution is 2.52. The summed E-state index contributed by atoms with van der Waals surface area (Å²) in [6.07, 6.45) is 3.05. The summed E-state index contributed by atoms with van der Waals surface area (Å²) in [5.74, 6) is 0.0636. The second-order valence-corrected chi connectivity index (χ2v) is 9.72. The van der Waals surface area contributed by atoms with Gasteiger partial charge in [-0.1, -0.05) is 67.4 Å². The van der Waals surface area contributed by atoms with Gasteiger partial charge in [0.25, 0.3) is 0 Å². The molecule has 5 atom stereocenters. The molecule has 1 aliphatic heterocycles. The van der Waals surface area contributed by atoms with Crippen molar-refractivity contribution < 1.29 is 9.90 Å². The first kappa shape index (κ1) is 23.8. The van der Waals surface area contributed by atoms with Gasteiger partial charge in [0.2, 0.25) is 5.91 Å². The van der Waals surface area contributed by atoms with E-state index in [1.165, 1.54) is 0 Å². The van der Waals surface area contributed by atoms with Crippen LogP contribution in [0.5, 0.6) is 0 Å². The Kier molecular flexibility index (Phi) is 7.51. The van der Waals surface area contributed by atoms with Gasteiger partial charge in [-0.2, -0.15) is 0 Å². The van der Waals surface area contributed by atoms with Gasteiger partial charge >= 0.3 is 0 Å². The van der Waals surface area contributed by atoms with Crippen LogP contribution >= 0.6 is 23.2 Å². The molecule has 1 aliphatic rings. The Labute approximate surface area is 195 Å². The highest BCUT2D eigenvalue weighted by atomic mass is 35.5. The molecule has 3 nitrogen and oxygen atoms in total. The maximum Gasteiger partial charge on any atom is 0.229 e. The molecular formula is C26H31Cl2NO2. The molecule has 0 spiro atoms. The Hall–Kier alpha value is -1.81. The van der Waals surface area contributed by atoms with Gasteiger partial charge < -0.3 is 10.0 Å². The molecule has 0 aromatic heterocycles. The Morgan fingerprint density at radius 1 is 1.19 bits per heavy atom. The third kappa shape index (κ3) is 4.84. The number of halogens is 2. The summed E-state index contributed by atoms with van der Waals surface area (Å²) in [4.78, 5) is 15.9. The lowest BCUT2D eigenvalue weighted by Crippen LogP contribution is -2.57. The van der Waals surface area contributed by atoms with Crippen molar-refractivity contribution in [2.45, 2.75) is 64.1 Å². The van der Waals surface area contributed by atoms with E-state index in [1.54, 1.807) is 6.92 Å². The molecule has 3 rings (SSSR count). The lowest BCUT2D eigenvalue weighted by Gasteiger charge is -2.52. The van der Waals surface area contributed by atoms with E-state index >= 15 is 0 Å². The van der Waals surface area contributed by atoms with E-state index in [0.29, 0.717) is 29.3 Å². The van der Waals surface area contributed by atoms with Crippen LogP contribution in [0.25, 0.3) is 0 Å². The summed E-state index contributed by atoms with van der Waals surface area (Å²) in [5.41, 5.74) is 1.48. The van der Waals surface area contributed by atoms with Crippen LogP contribution in [0.4, 0.5) is 0 Å². The monoisotopic (exact) mass is 459 g/mol. The number of aliphatic hydroxyl groups excluding tert-OH is 1. The van der Waals surface area contributed by atoms with Crippen LogP contribution in [0.2, 0.25) is 10.0 Å². The van der Waals surface area contributed by atoms with Crippen molar-refractivity contribution in [2.75, 3.05) is 0 Å². The van der Waals surface area contributed by atoms with Crippen molar-refractivity contribution in [3.05, 3.63) is 82.4 Å². The summed E-state index contributed by atoms with van der Waals surface area (Å²) in [6.45, 7) is 9.68. The molecule has 1 amide bonds. The largest absolute Gasteiger partial charge is 0.391 e. The highest BCUT2D eigenvalue weighted by molar-refractivity contribution is 6.30. The van der Waals surface area contributed by atoms with Crippen LogP contribution in [0.1, 0.15) is 63.1 Å². The predicted molar refractivity (Wildman–Crippen MR) is 129 cm³/mol. The van der Waals surface area contributed by atoms with Crippen LogP contribution in [0.3, 0.4) is 0 Å². The van der Waals surface area contributed by atoms with Gasteiger partial charge in [-0.15, -0.1) is 6.58 Å². The molecule has 166 valence electrons. The molecule has 2 unspecified atom stereocenters. The standard InChI is InChI=1S/C26H31Cl2NO2/c1-5-14-26(4)16-22(19-8-7-9-21(28)15-19)24(18-10-12-20(27)13-11-18)29(25(26)31)23(6-2)17(3)30/h5,7-13,15,17,22-24,30H,1,6,14,16H2,2-4H3/t17?,22-,23?,24-,26+/m1/s1. The number of allylic oxidation sites excluding steroid dienone is 1. The maximum absolute atomic E-state index is 14.0. The van der Waals surface area contributed by atoms with Gasteiger partial charge in [-0.25, -0.2) is 0 Å². The third-order valence-electron chi connectivity index (χ3n) is 6.52. The van der Waals surface area contributed by atoms with Crippen LogP contribution in [0, 0.1) is 5.41 Å². The molecule has 0 aliphatic carbocycles. The molecule has 0 saturated carbocycles. The highest BCUT2D eigenvalue weighted by Gasteiger charge is 2.51. The smallest absolute Gasteiger partial charge is 0.229 e. The van der Waals surface area contributed by atoms with Crippen molar-refractivity contribution >= 4 is 29.1 Å². The zero-order chi connectivity index (χ0) is 22.8. The van der Waals surface area contributed by atoms with Gasteiger partial charge in [-0.05, 0) is 61.6 Å². The zero-order valence-electron chi connectivity index (χ0n) is 18.4. The molecule has 1 saturated heterocycles. The lowest BCUT2D eigenvalue weighted by molar-refractivity contribution is -0.158. The molecule has 2 aromatic rings. The quantitative estimate of drug-likeness (QED) is 0.462. The Morgan fingerprint density at radius 3 is 2.42 bits per heavy atom. The van der Waals surface area contributed by atoms with Crippen molar-refractivity contribution in [3.63, 3.8) is 0 Å². The number of hydrogen-bond donors (Lipinski definition) is 1. The van der Waals surface area contributed by atoms with E-state index < -0.39 is 11.5 Å². The lowest BCUT2D eigenvalue weighted by atomic mass is 9.67. The summed E-state index contributed by atoms with van der Waals surface area (Å²) >= 11 is 12.5. The number of carbonyl (C=O) groups excluding carboxylic acids is 1. The van der Waals surface area contributed by atoms with Crippen molar-refractivity contribution in [1.82, 2.24) is 4.90 Å². The molecule has 0 bridgehead atoms. The number of nitrogens with zero attached hydrogens (tertiary/aromatic N) is 1. The minimum atomic E-state index is -0.658. The molecule has 1 N–H and O–H groups in total. The summed E-state index contributed by atoms with van der Waals surface area (Å²) in [5, 5.41) is 12.0. The first-order chi connectivity index (χ1) is 14.7. The number of piperidine rings is 1. The Morgan fingerprint density at radius 2 is 1.87 bits per heavy atom. The van der Waals surface area contributed by atoms with Gasteiger partial charge in [0.05, 0.1) is 23.6 Å². The SMILES string of the molecule is C=CC[C@@]1(C)C[C@H](c2cccc(Cl)c2)[C@@H](c2ccc(Cl)cc2)N(C(CC)C(C)O)C1=O. The minimum Gasteiger partial charge on any atom is -0.391 e. The summed E-state index contributed by atoms with van der Waals surface area (Å²) < 4.78 is 0. The van der Waals surface area contributed by atoms with Gasteiger partial charge in [0.1, 0.15) is 0 Å². The van der Waals surface area contributed by atoms with Crippen LogP contribution in [-0.2, 0) is 4.79 Å². The first-order valence-electron chi connectivity index (χ1n) is 10.8. The normalized spacial score (nSPS) is 25.9. The third-order valence-corrected chi connectivity index (χ3v) is 7.00. The number of amides is 1. The Balaban J connectivity index is 2.24. The second-order valence-electron chi connectivity index (χ2n) is 8.84. The van der Waals surface area contributed by atoms with Crippen molar-refractivity contribution in [2.24, 2.45) is 5.41 Å². The second kappa shape index (κ2) is 9.77. The minimum absolute atomic E-state index is 0.00956. The number of hydrogen-bond acceptors (Lipinski definition) is 2. The number of benzene rings is 2. The van der Waals surface area contributed by atoms with Crippen LogP contribution < -0.4 is 0 Å². The number of likely N-dealkylation sites (tertiary alicyclic amines) is 1. The van der Waals surface area contributed by atoms with E-state index in [0.717, 1.165) is 11.1 Å². The van der Waals surface area contributed by atoms with E-state index in [9.17, 15) is 9.90 Å². The van der Waals surface area contributed by atoms with E-state index in [4.69, 9.17) is 23.2 Å². The molecule has 1 heterocycles. The van der Waals surface area contributed by atoms with E-state index in [-0.39, 0.29) is 23.9 Å². The van der Waals surface area contributed by atoms with Crippen molar-refractivity contribution in [1.29, 1.82) is 0 Å². The summed E-state index contributed by atoms with van der Waals surface area (Å²) in [6, 6.07) is 15.0. The van der Waals surface area contributed by atoms with Gasteiger partial charge in [0.15, 0.2) is 0 Å². The van der Waals surface area contributed by atoms with E-state index in [2.05, 4.69) is 12.6 Å². The van der Waals surface area contributed by atoms with E-state index in [1.807, 2.05) is 67.3 Å². The fourth-order valence-corrected chi connectivity index (χ4v) is 5.35. The fraction of sp³-hybridized carbons (Fsp3) is 0.423. The maximum atomic E-state index is 14.0. The Bertz CT molecular complexity index is 927. The molecular weight excluding hydrogens is 429 g/mol. The molecule has 0 radical (unpaired) electrons. The van der Waals surface area contributed by atoms with Crippen molar-refractivity contribution in [3.8, 4) is 0 Å². The molecule has 31 heavy (non-hydrogen) atoms. The predicted octanol–water partition coefficient (Wildman–Crippen LogP) is 6.79. The molecule has 5 heteroatoms. The van der Waals surface area contributed by atoms with Crippen LogP contribution in [0.15, 0.2) is 61.2 Å². The molecule has 1 fully saturated rings. The summed E-state index contributed by atoms with van der Waals surface area (Å²) in [7, 11) is 0. The average molecular weight is 460 g/mol. The first-order valence-corrected chi connectivity index (χ1v) is 11.6. The fourth-order valence-electron chi connectivity index (χ4n) is 5.02. The van der Waals surface area contributed by atoms with Crippen LogP contribution in [-0.4, -0.2) is 28.1 Å². The number of rotatable bonds is 7. The number of aliphatic hydroxyl groups is 1. The number of carbonyl (C=O) groups is 1. The van der Waals surface area contributed by atoms with Gasteiger partial charge in [0, 0.05) is 16.0 Å².